The average Bonchev–Trinajstić information content (AvgIpc) is 3.30. The molecule has 1 aliphatic rings. The van der Waals surface area contributed by atoms with Crippen molar-refractivity contribution in [2.45, 2.75) is 6.54 Å². The number of amides is 3. The summed E-state index contributed by atoms with van der Waals surface area (Å²) in [6.45, 7) is 0.0386. The molecule has 2 heterocycles. The summed E-state index contributed by atoms with van der Waals surface area (Å²) < 4.78 is 18.8. The minimum atomic E-state index is -0.551. The first-order valence-corrected chi connectivity index (χ1v) is 8.73. The fraction of sp³-hybridized carbons (Fsp3) is 0.0455. The molecular formula is C22H14FN3O3. The second-order valence-corrected chi connectivity index (χ2v) is 6.40. The quantitative estimate of drug-likeness (QED) is 0.540. The smallest absolute Gasteiger partial charge is 0.329 e. The van der Waals surface area contributed by atoms with Crippen LogP contribution < -0.4 is 5.32 Å². The molecule has 0 atom stereocenters. The molecule has 6 nitrogen and oxygen atoms in total. The minimum Gasteiger partial charge on any atom is -0.457 e. The molecule has 1 aromatic heterocycles. The number of nitriles is 1. The largest absolute Gasteiger partial charge is 0.457 e. The van der Waals surface area contributed by atoms with E-state index in [2.05, 4.69) is 11.4 Å². The number of hydrogen-bond donors (Lipinski definition) is 1. The fourth-order valence-electron chi connectivity index (χ4n) is 2.92. The molecule has 29 heavy (non-hydrogen) atoms. The summed E-state index contributed by atoms with van der Waals surface area (Å²) in [6.07, 6.45) is 1.46. The van der Waals surface area contributed by atoms with Crippen LogP contribution in [0.5, 0.6) is 0 Å². The molecule has 0 unspecified atom stereocenters. The van der Waals surface area contributed by atoms with Gasteiger partial charge in [-0.25, -0.2) is 9.18 Å². The molecule has 0 spiro atoms. The summed E-state index contributed by atoms with van der Waals surface area (Å²) in [5, 5.41) is 11.4. The van der Waals surface area contributed by atoms with Gasteiger partial charge in [0.05, 0.1) is 18.2 Å². The number of hydrogen-bond acceptors (Lipinski definition) is 4. The highest BCUT2D eigenvalue weighted by Gasteiger charge is 2.33. The lowest BCUT2D eigenvalue weighted by Crippen LogP contribution is -2.30. The van der Waals surface area contributed by atoms with Gasteiger partial charge in [-0.2, -0.15) is 5.26 Å². The molecule has 0 bridgehead atoms. The van der Waals surface area contributed by atoms with Crippen LogP contribution in [0.25, 0.3) is 17.4 Å². The first kappa shape index (κ1) is 18.2. The van der Waals surface area contributed by atoms with Crippen LogP contribution in [-0.4, -0.2) is 16.8 Å². The van der Waals surface area contributed by atoms with E-state index < -0.39 is 11.9 Å². The maximum absolute atomic E-state index is 13.0. The summed E-state index contributed by atoms with van der Waals surface area (Å²) in [7, 11) is 0. The lowest BCUT2D eigenvalue weighted by molar-refractivity contribution is -0.123. The molecule has 7 heteroatoms. The minimum absolute atomic E-state index is 0.0386. The summed E-state index contributed by atoms with van der Waals surface area (Å²) >= 11 is 0. The van der Waals surface area contributed by atoms with Gasteiger partial charge in [0, 0.05) is 11.6 Å². The van der Waals surface area contributed by atoms with Crippen molar-refractivity contribution in [1.29, 1.82) is 5.26 Å². The van der Waals surface area contributed by atoms with Gasteiger partial charge < -0.3 is 9.73 Å². The second kappa shape index (κ2) is 7.44. The molecule has 4 rings (SSSR count). The Morgan fingerprint density at radius 1 is 1.03 bits per heavy atom. The molecule has 2 aromatic carbocycles. The van der Waals surface area contributed by atoms with Gasteiger partial charge in [-0.15, -0.1) is 0 Å². The van der Waals surface area contributed by atoms with Crippen LogP contribution in [0.1, 0.15) is 16.9 Å². The molecule has 0 aliphatic carbocycles. The maximum Gasteiger partial charge on any atom is 0.329 e. The van der Waals surface area contributed by atoms with E-state index in [-0.39, 0.29) is 18.1 Å². The van der Waals surface area contributed by atoms with Gasteiger partial charge in [0.15, 0.2) is 0 Å². The lowest BCUT2D eigenvalue weighted by atomic mass is 10.1. The van der Waals surface area contributed by atoms with Crippen molar-refractivity contribution in [3.63, 3.8) is 0 Å². The zero-order chi connectivity index (χ0) is 20.4. The van der Waals surface area contributed by atoms with Crippen LogP contribution in [0, 0.1) is 17.1 Å². The topological polar surface area (TPSA) is 86.3 Å². The van der Waals surface area contributed by atoms with E-state index in [1.54, 1.807) is 36.4 Å². The molecule has 142 valence electrons. The molecule has 1 N–H and O–H groups in total. The molecule has 1 saturated heterocycles. The van der Waals surface area contributed by atoms with Gasteiger partial charge >= 0.3 is 6.03 Å². The van der Waals surface area contributed by atoms with Gasteiger partial charge in [0.2, 0.25) is 0 Å². The molecule has 1 aliphatic heterocycles. The number of carbonyl (C=O) groups is 2. The molecule has 0 saturated carbocycles. The Hall–Kier alpha value is -4.18. The van der Waals surface area contributed by atoms with E-state index in [1.165, 1.54) is 30.3 Å². The Morgan fingerprint density at radius 3 is 2.45 bits per heavy atom. The summed E-state index contributed by atoms with van der Waals surface area (Å²) in [4.78, 5) is 25.8. The highest BCUT2D eigenvalue weighted by molar-refractivity contribution is 6.13. The second-order valence-electron chi connectivity index (χ2n) is 6.40. The number of halogens is 1. The maximum atomic E-state index is 13.0. The zero-order valence-corrected chi connectivity index (χ0v) is 15.1. The Labute approximate surface area is 165 Å². The highest BCUT2D eigenvalue weighted by Crippen LogP contribution is 2.25. The lowest BCUT2D eigenvalue weighted by Gasteiger charge is -2.11. The van der Waals surface area contributed by atoms with Crippen molar-refractivity contribution in [2.75, 3.05) is 0 Å². The highest BCUT2D eigenvalue weighted by atomic mass is 19.1. The van der Waals surface area contributed by atoms with Gasteiger partial charge in [0.25, 0.3) is 5.91 Å². The number of benzene rings is 2. The SMILES string of the molecule is N#Cc1ccc(-c2ccc(/C=C3/NC(=O)N(Cc4ccc(F)cc4)C3=O)o2)cc1. The van der Waals surface area contributed by atoms with Crippen LogP contribution in [0.3, 0.4) is 0 Å². The first-order chi connectivity index (χ1) is 14.0. The molecule has 0 radical (unpaired) electrons. The van der Waals surface area contributed by atoms with Crippen LogP contribution >= 0.6 is 0 Å². The monoisotopic (exact) mass is 387 g/mol. The average molecular weight is 387 g/mol. The van der Waals surface area contributed by atoms with Crippen LogP contribution in [0.15, 0.2) is 70.8 Å². The van der Waals surface area contributed by atoms with E-state index in [4.69, 9.17) is 9.68 Å². The number of rotatable bonds is 4. The van der Waals surface area contributed by atoms with Crippen molar-refractivity contribution in [3.05, 3.63) is 89.1 Å². The van der Waals surface area contributed by atoms with Crippen molar-refractivity contribution in [2.24, 2.45) is 0 Å². The predicted molar refractivity (Wildman–Crippen MR) is 102 cm³/mol. The van der Waals surface area contributed by atoms with Crippen LogP contribution in [0.4, 0.5) is 9.18 Å². The van der Waals surface area contributed by atoms with E-state index in [1.807, 2.05) is 0 Å². The van der Waals surface area contributed by atoms with Gasteiger partial charge in [-0.3, -0.25) is 9.69 Å². The van der Waals surface area contributed by atoms with Gasteiger partial charge in [0.1, 0.15) is 23.0 Å². The molecular weight excluding hydrogens is 373 g/mol. The van der Waals surface area contributed by atoms with Crippen LogP contribution in [-0.2, 0) is 11.3 Å². The third kappa shape index (κ3) is 3.77. The zero-order valence-electron chi connectivity index (χ0n) is 15.1. The first-order valence-electron chi connectivity index (χ1n) is 8.73. The number of nitrogens with one attached hydrogen (secondary N) is 1. The van der Waals surface area contributed by atoms with Crippen LogP contribution in [0.2, 0.25) is 0 Å². The normalized spacial score (nSPS) is 14.9. The number of imide groups is 1. The predicted octanol–water partition coefficient (Wildman–Crippen LogP) is 4.05. The summed E-state index contributed by atoms with van der Waals surface area (Å²) in [6, 6.07) is 17.4. The Morgan fingerprint density at radius 2 is 1.76 bits per heavy atom. The molecule has 1 fully saturated rings. The Balaban J connectivity index is 1.52. The van der Waals surface area contributed by atoms with Crippen molar-refractivity contribution in [3.8, 4) is 17.4 Å². The molecule has 3 amide bonds. The standard InChI is InChI=1S/C22H14FN3O3/c23-17-7-3-15(4-8-17)13-26-21(27)19(25-22(26)28)11-18-9-10-20(29-18)16-5-1-14(12-24)2-6-16/h1-11H,13H2,(H,25,28)/b19-11+. The third-order valence-corrected chi connectivity index (χ3v) is 4.43. The Bertz CT molecular complexity index is 1160. The van der Waals surface area contributed by atoms with E-state index >= 15 is 0 Å². The Kier molecular flexibility index (Phi) is 4.67. The third-order valence-electron chi connectivity index (χ3n) is 4.43. The molecule has 3 aromatic rings. The van der Waals surface area contributed by atoms with Gasteiger partial charge in [-0.05, 0) is 54.1 Å². The summed E-state index contributed by atoms with van der Waals surface area (Å²) in [5.41, 5.74) is 2.06. The van der Waals surface area contributed by atoms with Gasteiger partial charge in [-0.1, -0.05) is 12.1 Å². The number of nitrogens with zero attached hydrogens (tertiary/aromatic N) is 2. The van der Waals surface area contributed by atoms with Crippen molar-refractivity contribution in [1.82, 2.24) is 10.2 Å². The number of furan rings is 1. The van der Waals surface area contributed by atoms with E-state index in [0.29, 0.717) is 22.6 Å². The number of carbonyl (C=O) groups excluding carboxylic acids is 2. The fourth-order valence-corrected chi connectivity index (χ4v) is 2.92. The van der Waals surface area contributed by atoms with E-state index in [9.17, 15) is 14.0 Å². The number of urea groups is 1. The van der Waals surface area contributed by atoms with Crippen molar-refractivity contribution < 1.29 is 18.4 Å². The van der Waals surface area contributed by atoms with E-state index in [0.717, 1.165) is 10.5 Å². The summed E-state index contributed by atoms with van der Waals surface area (Å²) in [5.74, 6) is 0.0935. The van der Waals surface area contributed by atoms with Crippen molar-refractivity contribution >= 4 is 18.0 Å².